The van der Waals surface area contributed by atoms with E-state index in [2.05, 4.69) is 38.3 Å². The van der Waals surface area contributed by atoms with E-state index in [1.54, 1.807) is 12.1 Å². The van der Waals surface area contributed by atoms with E-state index in [4.69, 9.17) is 4.74 Å². The number of ether oxygens (including phenoxy) is 1. The van der Waals surface area contributed by atoms with Crippen molar-refractivity contribution in [1.29, 1.82) is 5.26 Å². The van der Waals surface area contributed by atoms with Gasteiger partial charge in [0.1, 0.15) is 29.4 Å². The number of fused-ring (bicyclic) bond motifs is 1. The number of aromatic nitrogens is 3. The average molecular weight is 520 g/mol. The second-order valence-electron chi connectivity index (χ2n) is 10.3. The van der Waals surface area contributed by atoms with Crippen molar-refractivity contribution in [2.75, 3.05) is 36.9 Å². The summed E-state index contributed by atoms with van der Waals surface area (Å²) in [4.78, 5) is 17.2. The number of nitriles is 1. The number of anilines is 3. The number of nitrogens with one attached hydrogen (secondary N) is 1. The van der Waals surface area contributed by atoms with Gasteiger partial charge in [0.15, 0.2) is 17.4 Å². The van der Waals surface area contributed by atoms with E-state index in [0.29, 0.717) is 23.7 Å². The highest BCUT2D eigenvalue weighted by Crippen LogP contribution is 2.40. The highest BCUT2D eigenvalue weighted by Gasteiger charge is 2.29. The summed E-state index contributed by atoms with van der Waals surface area (Å²) >= 11 is 0. The molecule has 1 unspecified atom stereocenters. The van der Waals surface area contributed by atoms with Crippen molar-refractivity contribution in [2.24, 2.45) is 0 Å². The zero-order chi connectivity index (χ0) is 27.0. The molecule has 0 radical (unpaired) electrons. The monoisotopic (exact) mass is 519 g/mol. The van der Waals surface area contributed by atoms with Crippen molar-refractivity contribution in [2.45, 2.75) is 51.7 Å². The summed E-state index contributed by atoms with van der Waals surface area (Å²) in [5.74, 6) is -0.347. The number of nitrogens with zero attached hydrogens (tertiary/aromatic N) is 6. The van der Waals surface area contributed by atoms with Gasteiger partial charge in [-0.05, 0) is 83.4 Å². The molecule has 2 aliphatic heterocycles. The average Bonchev–Trinajstić information content (AvgIpc) is 2.90. The number of halogens is 2. The Morgan fingerprint density at radius 3 is 2.61 bits per heavy atom. The molecule has 3 aromatic rings. The first-order valence-electron chi connectivity index (χ1n) is 12.9. The molecule has 2 aromatic heterocycles. The van der Waals surface area contributed by atoms with Crippen molar-refractivity contribution in [1.82, 2.24) is 19.9 Å². The second kappa shape index (κ2) is 10.5. The van der Waals surface area contributed by atoms with Crippen molar-refractivity contribution in [3.05, 3.63) is 53.4 Å². The molecule has 0 spiro atoms. The maximum atomic E-state index is 15.1. The Morgan fingerprint density at radius 1 is 1.13 bits per heavy atom. The third kappa shape index (κ3) is 5.11. The third-order valence-corrected chi connectivity index (χ3v) is 7.18. The van der Waals surface area contributed by atoms with E-state index in [9.17, 15) is 9.65 Å². The molecule has 1 aromatic carbocycles. The van der Waals surface area contributed by atoms with Crippen LogP contribution in [0.5, 0.6) is 5.75 Å². The molecule has 1 N–H and O–H groups in total. The summed E-state index contributed by atoms with van der Waals surface area (Å²) < 4.78 is 35.8. The van der Waals surface area contributed by atoms with Gasteiger partial charge in [0.25, 0.3) is 0 Å². The molecule has 0 bridgehead atoms. The van der Waals surface area contributed by atoms with Crippen LogP contribution in [0.25, 0.3) is 11.3 Å². The Bertz CT molecular complexity index is 1380. The molecule has 10 heteroatoms. The largest absolute Gasteiger partial charge is 0.484 e. The minimum absolute atomic E-state index is 0.0463. The fourth-order valence-electron chi connectivity index (χ4n) is 5.17. The highest BCUT2D eigenvalue weighted by molar-refractivity contribution is 5.73. The molecule has 8 nitrogen and oxygen atoms in total. The van der Waals surface area contributed by atoms with E-state index in [0.717, 1.165) is 37.7 Å². The summed E-state index contributed by atoms with van der Waals surface area (Å²) in [6.45, 7) is 8.46. The third-order valence-electron chi connectivity index (χ3n) is 7.18. The standard InChI is InChI=1S/C28H31F2N7O/c1-16(2)37-15-17(3)38-27-21(29)11-19(12-24(27)37)26-22(30)14-32-28(35-26)34-25-6-5-20(23(13-31)33-25)18-7-9-36(4)10-8-18/h5-6,11-12,14,16-18H,7-10,15H2,1-4H3,(H,32,33,34,35). The summed E-state index contributed by atoms with van der Waals surface area (Å²) in [7, 11) is 2.09. The predicted octanol–water partition coefficient (Wildman–Crippen LogP) is 5.24. The molecule has 38 heavy (non-hydrogen) atoms. The Morgan fingerprint density at radius 2 is 1.89 bits per heavy atom. The molecular formula is C28H31F2N7O. The lowest BCUT2D eigenvalue weighted by molar-refractivity contribution is 0.199. The molecule has 1 atom stereocenters. The van der Waals surface area contributed by atoms with E-state index in [-0.39, 0.29) is 41.0 Å². The zero-order valence-corrected chi connectivity index (χ0v) is 22.0. The number of benzene rings is 1. The van der Waals surface area contributed by atoms with Crippen molar-refractivity contribution in [3.63, 3.8) is 0 Å². The van der Waals surface area contributed by atoms with E-state index in [1.165, 1.54) is 6.07 Å². The van der Waals surface area contributed by atoms with Gasteiger partial charge in [-0.25, -0.2) is 23.7 Å². The number of likely N-dealkylation sites (tertiary alicyclic amines) is 1. The summed E-state index contributed by atoms with van der Waals surface area (Å²) in [5, 5.41) is 12.7. The Labute approximate surface area is 221 Å². The van der Waals surface area contributed by atoms with Gasteiger partial charge >= 0.3 is 0 Å². The van der Waals surface area contributed by atoms with Crippen molar-refractivity contribution >= 4 is 17.5 Å². The molecule has 198 valence electrons. The van der Waals surface area contributed by atoms with E-state index < -0.39 is 11.6 Å². The van der Waals surface area contributed by atoms with Crippen LogP contribution in [0.4, 0.5) is 26.2 Å². The van der Waals surface area contributed by atoms with Crippen LogP contribution >= 0.6 is 0 Å². The van der Waals surface area contributed by atoms with Crippen molar-refractivity contribution in [3.8, 4) is 23.1 Å². The summed E-state index contributed by atoms with van der Waals surface area (Å²) in [5.41, 5.74) is 2.08. The van der Waals surface area contributed by atoms with Gasteiger partial charge in [0, 0.05) is 11.6 Å². The number of hydrogen-bond donors (Lipinski definition) is 1. The van der Waals surface area contributed by atoms with Crippen LogP contribution in [-0.4, -0.2) is 58.7 Å². The van der Waals surface area contributed by atoms with Gasteiger partial charge in [0.05, 0.1) is 18.4 Å². The van der Waals surface area contributed by atoms with Gasteiger partial charge in [-0.2, -0.15) is 5.26 Å². The Hall–Kier alpha value is -3.84. The number of rotatable bonds is 5. The minimum atomic E-state index is -0.681. The molecule has 0 amide bonds. The maximum Gasteiger partial charge on any atom is 0.229 e. The van der Waals surface area contributed by atoms with E-state index >= 15 is 4.39 Å². The highest BCUT2D eigenvalue weighted by atomic mass is 19.1. The lowest BCUT2D eigenvalue weighted by Crippen LogP contribution is -2.42. The lowest BCUT2D eigenvalue weighted by Gasteiger charge is -2.38. The zero-order valence-electron chi connectivity index (χ0n) is 22.0. The van der Waals surface area contributed by atoms with Gasteiger partial charge in [0.2, 0.25) is 5.95 Å². The van der Waals surface area contributed by atoms with Crippen LogP contribution < -0.4 is 15.0 Å². The number of piperidine rings is 1. The second-order valence-corrected chi connectivity index (χ2v) is 10.3. The number of hydrogen-bond acceptors (Lipinski definition) is 8. The van der Waals surface area contributed by atoms with E-state index in [1.807, 2.05) is 31.7 Å². The van der Waals surface area contributed by atoms with Crippen LogP contribution in [-0.2, 0) is 0 Å². The molecule has 4 heterocycles. The van der Waals surface area contributed by atoms with Crippen LogP contribution in [0.1, 0.15) is 50.8 Å². The fourth-order valence-corrected chi connectivity index (χ4v) is 5.17. The molecular weight excluding hydrogens is 488 g/mol. The first-order chi connectivity index (χ1) is 18.2. The summed E-state index contributed by atoms with van der Waals surface area (Å²) in [6, 6.07) is 8.91. The Kier molecular flexibility index (Phi) is 7.13. The SMILES string of the molecule is CC1CN(C(C)C)c2cc(-c3nc(Nc4ccc(C5CCN(C)CC5)c(C#N)n4)ncc3F)cc(F)c2O1. The van der Waals surface area contributed by atoms with Gasteiger partial charge < -0.3 is 19.9 Å². The van der Waals surface area contributed by atoms with Crippen LogP contribution in [0.3, 0.4) is 0 Å². The maximum absolute atomic E-state index is 15.1. The van der Waals surface area contributed by atoms with Gasteiger partial charge in [-0.15, -0.1) is 0 Å². The first kappa shape index (κ1) is 25.8. The van der Waals surface area contributed by atoms with Gasteiger partial charge in [-0.3, -0.25) is 0 Å². The fraction of sp³-hybridized carbons (Fsp3) is 0.429. The smallest absolute Gasteiger partial charge is 0.229 e. The van der Waals surface area contributed by atoms with Gasteiger partial charge in [-0.1, -0.05) is 6.07 Å². The summed E-state index contributed by atoms with van der Waals surface area (Å²) in [6.07, 6.45) is 2.81. The topological polar surface area (TPSA) is 90.2 Å². The molecule has 0 saturated carbocycles. The first-order valence-corrected chi connectivity index (χ1v) is 12.9. The Balaban J connectivity index is 1.44. The molecule has 5 rings (SSSR count). The minimum Gasteiger partial charge on any atom is -0.484 e. The predicted molar refractivity (Wildman–Crippen MR) is 142 cm³/mol. The normalized spacial score (nSPS) is 18.2. The van der Waals surface area contributed by atoms with Crippen LogP contribution in [0.15, 0.2) is 30.5 Å². The van der Waals surface area contributed by atoms with Crippen LogP contribution in [0.2, 0.25) is 0 Å². The molecule has 2 aliphatic rings. The quantitative estimate of drug-likeness (QED) is 0.490. The molecule has 1 saturated heterocycles. The molecule has 0 aliphatic carbocycles. The lowest BCUT2D eigenvalue weighted by atomic mass is 9.88. The van der Waals surface area contributed by atoms with Crippen molar-refractivity contribution < 1.29 is 13.5 Å². The number of pyridine rings is 1. The molecule has 1 fully saturated rings. The van der Waals surface area contributed by atoms with Crippen LogP contribution in [0, 0.1) is 23.0 Å².